The number of hydrogen-bond acceptors (Lipinski definition) is 4. The maximum atomic E-state index is 11.4. The number of nitrogens with two attached hydrogens (primary N) is 1. The van der Waals surface area contributed by atoms with Crippen LogP contribution in [-0.2, 0) is 9.59 Å². The largest absolute Gasteiger partial charge is 0.481 e. The Kier molecular flexibility index (Phi) is 4.21. The maximum absolute atomic E-state index is 11.4. The number of carbonyl (C=O) groups excluding carboxylic acids is 1. The molecule has 0 aliphatic rings. The number of pyridine rings is 1. The minimum atomic E-state index is -1.14. The third-order valence-electron chi connectivity index (χ3n) is 1.76. The van der Waals surface area contributed by atoms with Crippen LogP contribution in [0.5, 0.6) is 0 Å². The minimum absolute atomic E-state index is 0.301. The maximum Gasteiger partial charge on any atom is 0.305 e. The van der Waals surface area contributed by atoms with E-state index in [1.807, 2.05) is 0 Å². The lowest BCUT2D eigenvalue weighted by atomic mass is 10.2. The van der Waals surface area contributed by atoms with Gasteiger partial charge in [-0.2, -0.15) is 0 Å². The molecule has 86 valence electrons. The Bertz CT molecular complexity index is 411. The Morgan fingerprint density at radius 1 is 1.62 bits per heavy atom. The number of carbonyl (C=O) groups is 2. The van der Waals surface area contributed by atoms with E-state index < -0.39 is 24.3 Å². The molecule has 6 nitrogen and oxygen atoms in total. The van der Waals surface area contributed by atoms with Gasteiger partial charge < -0.3 is 16.2 Å². The molecule has 0 radical (unpaired) electrons. The van der Waals surface area contributed by atoms with Gasteiger partial charge in [0.2, 0.25) is 5.91 Å². The number of nitrogens with zero attached hydrogens (tertiary/aromatic N) is 1. The van der Waals surface area contributed by atoms with Gasteiger partial charge in [-0.1, -0.05) is 11.6 Å². The summed E-state index contributed by atoms with van der Waals surface area (Å²) in [6.07, 6.45) is 2.38. The van der Waals surface area contributed by atoms with E-state index in [2.05, 4.69) is 10.3 Å². The highest BCUT2D eigenvalue weighted by Gasteiger charge is 2.17. The van der Waals surface area contributed by atoms with Crippen molar-refractivity contribution in [3.63, 3.8) is 0 Å². The molecule has 1 unspecified atom stereocenters. The topological polar surface area (TPSA) is 105 Å². The van der Waals surface area contributed by atoms with Crippen molar-refractivity contribution in [2.75, 3.05) is 5.32 Å². The lowest BCUT2D eigenvalue weighted by molar-refractivity contribution is -0.138. The molecule has 1 heterocycles. The zero-order valence-corrected chi connectivity index (χ0v) is 8.94. The zero-order valence-electron chi connectivity index (χ0n) is 8.18. The van der Waals surface area contributed by atoms with Gasteiger partial charge in [0.1, 0.15) is 0 Å². The van der Waals surface area contributed by atoms with Crippen molar-refractivity contribution in [3.8, 4) is 0 Å². The average molecular weight is 244 g/mol. The number of anilines is 1. The van der Waals surface area contributed by atoms with Crippen LogP contribution in [0.15, 0.2) is 18.5 Å². The first kappa shape index (κ1) is 12.4. The summed E-state index contributed by atoms with van der Waals surface area (Å²) in [5.74, 6) is -1.75. The van der Waals surface area contributed by atoms with E-state index in [4.69, 9.17) is 22.4 Å². The molecule has 1 atom stereocenters. The number of rotatable bonds is 4. The molecule has 7 heteroatoms. The van der Waals surface area contributed by atoms with Crippen molar-refractivity contribution in [2.24, 2.45) is 5.73 Å². The summed E-state index contributed by atoms with van der Waals surface area (Å²) < 4.78 is 0. The number of nitrogens with one attached hydrogen (secondary N) is 1. The quantitative estimate of drug-likeness (QED) is 0.713. The van der Waals surface area contributed by atoms with Crippen LogP contribution >= 0.6 is 11.6 Å². The Hall–Kier alpha value is -1.66. The summed E-state index contributed by atoms with van der Waals surface area (Å²) in [6, 6.07) is 0.383. The number of halogens is 1. The van der Waals surface area contributed by atoms with Gasteiger partial charge in [-0.05, 0) is 6.07 Å². The second-order valence-electron chi connectivity index (χ2n) is 3.05. The van der Waals surface area contributed by atoms with Crippen molar-refractivity contribution in [1.82, 2.24) is 4.98 Å². The molecule has 0 bridgehead atoms. The summed E-state index contributed by atoms with van der Waals surface area (Å²) in [6.45, 7) is 0. The van der Waals surface area contributed by atoms with Crippen molar-refractivity contribution < 1.29 is 14.7 Å². The molecule has 0 aliphatic carbocycles. The van der Waals surface area contributed by atoms with Crippen LogP contribution in [0.1, 0.15) is 6.42 Å². The molecule has 0 saturated heterocycles. The van der Waals surface area contributed by atoms with Gasteiger partial charge in [0.25, 0.3) is 0 Å². The van der Waals surface area contributed by atoms with Gasteiger partial charge in [0, 0.05) is 6.20 Å². The van der Waals surface area contributed by atoms with Crippen LogP contribution in [0.25, 0.3) is 0 Å². The average Bonchev–Trinajstić information content (AvgIpc) is 2.20. The minimum Gasteiger partial charge on any atom is -0.481 e. The molecular formula is C9H10ClN3O3. The summed E-state index contributed by atoms with van der Waals surface area (Å²) in [7, 11) is 0. The van der Waals surface area contributed by atoms with Crippen LogP contribution in [0.2, 0.25) is 5.02 Å². The Balaban J connectivity index is 2.64. The van der Waals surface area contributed by atoms with E-state index in [9.17, 15) is 9.59 Å². The monoisotopic (exact) mass is 243 g/mol. The molecule has 1 aromatic heterocycles. The standard InChI is InChI=1S/C9H10ClN3O3/c10-5-1-2-12-4-7(5)13-9(16)6(11)3-8(14)15/h1-2,4,6H,3,11H2,(H,13,16)(H,14,15). The summed E-state index contributed by atoms with van der Waals surface area (Å²) >= 11 is 5.77. The SMILES string of the molecule is NC(CC(=O)O)C(=O)Nc1cnccc1Cl. The molecule has 0 spiro atoms. The van der Waals surface area contributed by atoms with Gasteiger partial charge in [-0.15, -0.1) is 0 Å². The molecule has 0 aromatic carbocycles. The number of carboxylic acid groups (broad SMARTS) is 1. The van der Waals surface area contributed by atoms with Crippen LogP contribution < -0.4 is 11.1 Å². The first-order chi connectivity index (χ1) is 7.50. The number of aromatic nitrogens is 1. The van der Waals surface area contributed by atoms with Gasteiger partial charge in [-0.3, -0.25) is 14.6 Å². The molecule has 4 N–H and O–H groups in total. The molecule has 0 aliphatic heterocycles. The summed E-state index contributed by atoms with van der Waals surface area (Å²) in [5.41, 5.74) is 5.66. The molecule has 0 fully saturated rings. The third kappa shape index (κ3) is 3.48. The highest BCUT2D eigenvalue weighted by atomic mass is 35.5. The highest BCUT2D eigenvalue weighted by molar-refractivity contribution is 6.33. The van der Waals surface area contributed by atoms with E-state index in [1.165, 1.54) is 18.5 Å². The smallest absolute Gasteiger partial charge is 0.305 e. The first-order valence-corrected chi connectivity index (χ1v) is 4.76. The Morgan fingerprint density at radius 2 is 2.31 bits per heavy atom. The van der Waals surface area contributed by atoms with E-state index >= 15 is 0 Å². The van der Waals surface area contributed by atoms with Crippen LogP contribution in [-0.4, -0.2) is 28.0 Å². The van der Waals surface area contributed by atoms with E-state index in [-0.39, 0.29) is 0 Å². The first-order valence-electron chi connectivity index (χ1n) is 4.38. The third-order valence-corrected chi connectivity index (χ3v) is 2.09. The predicted molar refractivity (Wildman–Crippen MR) is 58.1 cm³/mol. The van der Waals surface area contributed by atoms with Crippen molar-refractivity contribution >= 4 is 29.2 Å². The molecule has 0 saturated carbocycles. The van der Waals surface area contributed by atoms with Crippen molar-refractivity contribution in [1.29, 1.82) is 0 Å². The number of amides is 1. The van der Waals surface area contributed by atoms with Crippen molar-refractivity contribution in [2.45, 2.75) is 12.5 Å². The molecular weight excluding hydrogens is 234 g/mol. The van der Waals surface area contributed by atoms with E-state index in [0.29, 0.717) is 10.7 Å². The number of hydrogen-bond donors (Lipinski definition) is 3. The van der Waals surface area contributed by atoms with Gasteiger partial charge in [0.05, 0.1) is 29.4 Å². The fraction of sp³-hybridized carbons (Fsp3) is 0.222. The predicted octanol–water partition coefficient (Wildman–Crippen LogP) is 0.476. The van der Waals surface area contributed by atoms with Crippen LogP contribution in [0.4, 0.5) is 5.69 Å². The zero-order chi connectivity index (χ0) is 12.1. The lowest BCUT2D eigenvalue weighted by Gasteiger charge is -2.10. The second kappa shape index (κ2) is 5.43. The van der Waals surface area contributed by atoms with Crippen LogP contribution in [0.3, 0.4) is 0 Å². The Morgan fingerprint density at radius 3 is 2.88 bits per heavy atom. The summed E-state index contributed by atoms with van der Waals surface area (Å²) in [4.78, 5) is 25.5. The number of aliphatic carboxylic acids is 1. The molecule has 1 aromatic rings. The highest BCUT2D eigenvalue weighted by Crippen LogP contribution is 2.19. The van der Waals surface area contributed by atoms with E-state index in [0.717, 1.165) is 0 Å². The molecule has 1 rings (SSSR count). The summed E-state index contributed by atoms with van der Waals surface area (Å²) in [5, 5.41) is 11.2. The molecule has 16 heavy (non-hydrogen) atoms. The second-order valence-corrected chi connectivity index (χ2v) is 3.46. The normalized spacial score (nSPS) is 11.9. The fourth-order valence-corrected chi connectivity index (χ4v) is 1.13. The lowest BCUT2D eigenvalue weighted by Crippen LogP contribution is -2.37. The number of carboxylic acids is 1. The van der Waals surface area contributed by atoms with Crippen LogP contribution in [0, 0.1) is 0 Å². The van der Waals surface area contributed by atoms with Crippen molar-refractivity contribution in [3.05, 3.63) is 23.5 Å². The molecule has 1 amide bonds. The fourth-order valence-electron chi connectivity index (χ4n) is 0.976. The Labute approximate surface area is 96.4 Å². The van der Waals surface area contributed by atoms with Gasteiger partial charge in [0.15, 0.2) is 0 Å². The van der Waals surface area contributed by atoms with E-state index in [1.54, 1.807) is 0 Å². The van der Waals surface area contributed by atoms with Gasteiger partial charge in [-0.25, -0.2) is 0 Å². The van der Waals surface area contributed by atoms with Gasteiger partial charge >= 0.3 is 5.97 Å².